The van der Waals surface area contributed by atoms with Crippen LogP contribution < -0.4 is 10.8 Å². The molecule has 1 aromatic carbocycles. The van der Waals surface area contributed by atoms with Gasteiger partial charge in [-0.3, -0.25) is 4.79 Å². The summed E-state index contributed by atoms with van der Waals surface area (Å²) >= 11 is 0. The van der Waals surface area contributed by atoms with Crippen molar-refractivity contribution in [1.82, 2.24) is 0 Å². The first-order chi connectivity index (χ1) is 7.99. The van der Waals surface area contributed by atoms with Crippen molar-refractivity contribution in [2.24, 2.45) is 11.8 Å². The van der Waals surface area contributed by atoms with Crippen LogP contribution >= 0.6 is 0 Å². The second-order valence-corrected chi connectivity index (χ2v) is 4.42. The highest BCUT2D eigenvalue weighted by molar-refractivity contribution is 6.58. The zero-order chi connectivity index (χ0) is 12.6. The van der Waals surface area contributed by atoms with Crippen molar-refractivity contribution < 1.29 is 19.2 Å². The summed E-state index contributed by atoms with van der Waals surface area (Å²) in [5, 5.41) is 20.2. The van der Waals surface area contributed by atoms with Crippen molar-refractivity contribution in [1.29, 1.82) is 0 Å². The molecule has 1 aliphatic rings. The maximum Gasteiger partial charge on any atom is 0.488 e. The Morgan fingerprint density at radius 1 is 1.53 bits per heavy atom. The number of nitrogens with one attached hydrogen (secondary N) is 1. The smallest absolute Gasteiger partial charge is 0.423 e. The molecule has 90 valence electrons. The van der Waals surface area contributed by atoms with Crippen LogP contribution in [0.4, 0.5) is 10.1 Å². The lowest BCUT2D eigenvalue weighted by atomic mass is 9.80. The number of benzene rings is 1. The molecule has 1 aliphatic carbocycles. The molecule has 2 rings (SSSR count). The molecule has 0 radical (unpaired) electrons. The van der Waals surface area contributed by atoms with E-state index in [-0.39, 0.29) is 23.0 Å². The fraction of sp³-hybridized carbons (Fsp3) is 0.364. The van der Waals surface area contributed by atoms with Crippen molar-refractivity contribution in [3.05, 3.63) is 24.0 Å². The van der Waals surface area contributed by atoms with E-state index >= 15 is 0 Å². The lowest BCUT2D eigenvalue weighted by Gasteiger charge is -2.07. The van der Waals surface area contributed by atoms with Gasteiger partial charge in [0.05, 0.1) is 5.69 Å². The molecule has 0 heterocycles. The van der Waals surface area contributed by atoms with E-state index in [1.807, 2.05) is 6.92 Å². The molecule has 4 nitrogen and oxygen atoms in total. The first-order valence-corrected chi connectivity index (χ1v) is 5.45. The molecule has 1 aromatic rings. The zero-order valence-electron chi connectivity index (χ0n) is 9.35. The van der Waals surface area contributed by atoms with E-state index in [0.717, 1.165) is 12.5 Å². The Labute approximate surface area is 98.6 Å². The Hall–Kier alpha value is -1.40. The van der Waals surface area contributed by atoms with Crippen LogP contribution in [0.15, 0.2) is 18.2 Å². The van der Waals surface area contributed by atoms with E-state index in [4.69, 9.17) is 10.0 Å². The maximum absolute atomic E-state index is 13.5. The van der Waals surface area contributed by atoms with Crippen molar-refractivity contribution in [2.45, 2.75) is 13.3 Å². The van der Waals surface area contributed by atoms with E-state index in [9.17, 15) is 9.18 Å². The van der Waals surface area contributed by atoms with Crippen LogP contribution in [0, 0.1) is 17.7 Å². The molecule has 17 heavy (non-hydrogen) atoms. The lowest BCUT2D eigenvalue weighted by Crippen LogP contribution is -2.30. The Kier molecular flexibility index (Phi) is 3.17. The van der Waals surface area contributed by atoms with Gasteiger partial charge in [-0.15, -0.1) is 0 Å². The van der Waals surface area contributed by atoms with Crippen LogP contribution in [0.3, 0.4) is 0 Å². The first-order valence-electron chi connectivity index (χ1n) is 5.45. The third-order valence-corrected chi connectivity index (χ3v) is 3.00. The number of hydrogen-bond acceptors (Lipinski definition) is 3. The quantitative estimate of drug-likeness (QED) is 0.653. The molecule has 0 aromatic heterocycles. The van der Waals surface area contributed by atoms with Gasteiger partial charge < -0.3 is 15.4 Å². The summed E-state index contributed by atoms with van der Waals surface area (Å²) in [6.07, 6.45) is 0.834. The van der Waals surface area contributed by atoms with Gasteiger partial charge in [-0.25, -0.2) is 4.39 Å². The molecule has 2 atom stereocenters. The van der Waals surface area contributed by atoms with Gasteiger partial charge in [0.15, 0.2) is 0 Å². The SMILES string of the molecule is CC1CC1C(=O)Nc1ccc(B(O)O)cc1F. The summed E-state index contributed by atoms with van der Waals surface area (Å²) in [7, 11) is -1.71. The molecule has 0 aliphatic heterocycles. The minimum absolute atomic E-state index is 0.0301. The van der Waals surface area contributed by atoms with Gasteiger partial charge in [-0.1, -0.05) is 13.0 Å². The molecule has 1 saturated carbocycles. The fourth-order valence-corrected chi connectivity index (χ4v) is 1.71. The monoisotopic (exact) mass is 237 g/mol. The van der Waals surface area contributed by atoms with Crippen LogP contribution in [0.2, 0.25) is 0 Å². The van der Waals surface area contributed by atoms with Gasteiger partial charge >= 0.3 is 7.12 Å². The number of carbonyl (C=O) groups excluding carboxylic acids is 1. The van der Waals surface area contributed by atoms with Gasteiger partial charge in [-0.2, -0.15) is 0 Å². The molecule has 6 heteroatoms. The summed E-state index contributed by atoms with van der Waals surface area (Å²) in [6.45, 7) is 1.96. The summed E-state index contributed by atoms with van der Waals surface area (Å²) in [5.74, 6) is -0.528. The number of carbonyl (C=O) groups is 1. The molecule has 1 amide bonds. The molecular weight excluding hydrogens is 224 g/mol. The molecule has 2 unspecified atom stereocenters. The van der Waals surface area contributed by atoms with Crippen molar-refractivity contribution in [2.75, 3.05) is 5.32 Å². The van der Waals surface area contributed by atoms with Crippen LogP contribution in [-0.2, 0) is 4.79 Å². The molecule has 1 fully saturated rings. The predicted molar refractivity (Wildman–Crippen MR) is 62.1 cm³/mol. The summed E-state index contributed by atoms with van der Waals surface area (Å²) in [6, 6.07) is 3.69. The molecule has 0 saturated heterocycles. The molecular formula is C11H13BFNO3. The van der Waals surface area contributed by atoms with E-state index in [0.29, 0.717) is 5.92 Å². The van der Waals surface area contributed by atoms with Gasteiger partial charge in [0.1, 0.15) is 5.82 Å². The molecule has 0 spiro atoms. The van der Waals surface area contributed by atoms with Gasteiger partial charge in [0.2, 0.25) is 5.91 Å². The third kappa shape index (κ3) is 2.65. The Bertz CT molecular complexity index is 452. The molecule has 3 N–H and O–H groups in total. The van der Waals surface area contributed by atoms with Gasteiger partial charge in [-0.05, 0) is 29.9 Å². The maximum atomic E-state index is 13.5. The second kappa shape index (κ2) is 4.47. The average molecular weight is 237 g/mol. The normalized spacial score (nSPS) is 22.1. The van der Waals surface area contributed by atoms with Crippen LogP contribution in [0.25, 0.3) is 0 Å². The van der Waals surface area contributed by atoms with Crippen molar-refractivity contribution in [3.63, 3.8) is 0 Å². The number of amides is 1. The van der Waals surface area contributed by atoms with E-state index < -0.39 is 12.9 Å². The zero-order valence-corrected chi connectivity index (χ0v) is 9.35. The summed E-state index contributed by atoms with van der Waals surface area (Å²) < 4.78 is 13.5. The fourth-order valence-electron chi connectivity index (χ4n) is 1.71. The summed E-state index contributed by atoms with van der Waals surface area (Å²) in [4.78, 5) is 11.6. The highest BCUT2D eigenvalue weighted by atomic mass is 19.1. The van der Waals surface area contributed by atoms with E-state index in [2.05, 4.69) is 5.32 Å². The standard InChI is InChI=1S/C11H13BFNO3/c1-6-4-8(6)11(15)14-10-3-2-7(12(16)17)5-9(10)13/h2-3,5-6,8,16-17H,4H2,1H3,(H,14,15). The number of anilines is 1. The minimum Gasteiger partial charge on any atom is -0.423 e. The Morgan fingerprint density at radius 2 is 2.18 bits per heavy atom. The number of hydrogen-bond donors (Lipinski definition) is 3. The average Bonchev–Trinajstić information content (AvgIpc) is 2.98. The summed E-state index contributed by atoms with van der Waals surface area (Å²) in [5.41, 5.74) is 0.124. The Morgan fingerprint density at radius 3 is 2.65 bits per heavy atom. The van der Waals surface area contributed by atoms with Gasteiger partial charge in [0.25, 0.3) is 0 Å². The molecule has 0 bridgehead atoms. The lowest BCUT2D eigenvalue weighted by molar-refractivity contribution is -0.117. The van der Waals surface area contributed by atoms with Crippen LogP contribution in [0.5, 0.6) is 0 Å². The first kappa shape index (κ1) is 12.1. The number of rotatable bonds is 3. The second-order valence-electron chi connectivity index (χ2n) is 4.42. The van der Waals surface area contributed by atoms with Crippen LogP contribution in [0.1, 0.15) is 13.3 Å². The predicted octanol–water partition coefficient (Wildman–Crippen LogP) is 0.100. The Balaban J connectivity index is 2.09. The third-order valence-electron chi connectivity index (χ3n) is 3.00. The minimum atomic E-state index is -1.71. The largest absolute Gasteiger partial charge is 0.488 e. The van der Waals surface area contributed by atoms with E-state index in [1.165, 1.54) is 12.1 Å². The van der Waals surface area contributed by atoms with Crippen LogP contribution in [-0.4, -0.2) is 23.1 Å². The van der Waals surface area contributed by atoms with Gasteiger partial charge in [0, 0.05) is 5.92 Å². The van der Waals surface area contributed by atoms with E-state index in [1.54, 1.807) is 0 Å². The number of halogens is 1. The highest BCUT2D eigenvalue weighted by Gasteiger charge is 2.39. The van der Waals surface area contributed by atoms with Crippen molar-refractivity contribution >= 4 is 24.2 Å². The highest BCUT2D eigenvalue weighted by Crippen LogP contribution is 2.38. The topological polar surface area (TPSA) is 69.6 Å². The van der Waals surface area contributed by atoms with Crippen molar-refractivity contribution in [3.8, 4) is 0 Å².